The first-order chi connectivity index (χ1) is 17.0. The third-order valence-corrected chi connectivity index (χ3v) is 9.12. The maximum Gasteiger partial charge on any atom is 0.404 e. The van der Waals surface area contributed by atoms with Gasteiger partial charge in [-0.2, -0.15) is 0 Å². The lowest BCUT2D eigenvalue weighted by atomic mass is 9.79. The normalized spacial score (nSPS) is 25.0. The van der Waals surface area contributed by atoms with Gasteiger partial charge in [0.05, 0.1) is 5.69 Å². The first kappa shape index (κ1) is 24.6. The summed E-state index contributed by atoms with van der Waals surface area (Å²) in [5.41, 5.74) is 9.16. The topological polar surface area (TPSA) is 63.7 Å². The van der Waals surface area contributed by atoms with E-state index in [2.05, 4.69) is 52.5 Å². The van der Waals surface area contributed by atoms with Gasteiger partial charge >= 0.3 is 6.09 Å². The summed E-state index contributed by atoms with van der Waals surface area (Å²) < 4.78 is 7.94. The van der Waals surface area contributed by atoms with Gasteiger partial charge in [-0.05, 0) is 87.9 Å². The van der Waals surface area contributed by atoms with Crippen LogP contribution in [0.5, 0.6) is 0 Å². The molecule has 192 valence electrons. The predicted octanol–water partition coefficient (Wildman–Crippen LogP) is 5.68. The zero-order chi connectivity index (χ0) is 24.4. The number of fused-ring (bicyclic) bond motifs is 1. The van der Waals surface area contributed by atoms with Gasteiger partial charge in [-0.3, -0.25) is 4.90 Å². The number of carbonyl (C=O) groups is 1. The highest BCUT2D eigenvalue weighted by molar-refractivity contribution is 5.86. The van der Waals surface area contributed by atoms with Crippen LogP contribution in [0.2, 0.25) is 0 Å². The van der Waals surface area contributed by atoms with Gasteiger partial charge in [-0.25, -0.2) is 4.79 Å². The lowest BCUT2D eigenvalue weighted by Crippen LogP contribution is -2.44. The molecule has 0 radical (unpaired) electrons. The van der Waals surface area contributed by atoms with Crippen molar-refractivity contribution in [2.75, 3.05) is 26.2 Å². The lowest BCUT2D eigenvalue weighted by molar-refractivity contribution is 0.0875. The van der Waals surface area contributed by atoms with Gasteiger partial charge in [0.2, 0.25) is 0 Å². The van der Waals surface area contributed by atoms with Gasteiger partial charge in [0.25, 0.3) is 0 Å². The highest BCUT2D eigenvalue weighted by atomic mass is 16.5. The van der Waals surface area contributed by atoms with E-state index < -0.39 is 6.09 Å². The van der Waals surface area contributed by atoms with E-state index in [0.717, 1.165) is 69.1 Å². The summed E-state index contributed by atoms with van der Waals surface area (Å²) in [6, 6.07) is 9.95. The molecule has 5 rings (SSSR count). The minimum Gasteiger partial charge on any atom is -0.443 e. The highest BCUT2D eigenvalue weighted by Crippen LogP contribution is 2.38. The molecule has 0 spiro atoms. The first-order valence-corrected chi connectivity index (χ1v) is 14.0. The van der Waals surface area contributed by atoms with Crippen LogP contribution in [-0.4, -0.2) is 52.7 Å². The second-order valence-electron chi connectivity index (χ2n) is 11.5. The van der Waals surface area contributed by atoms with Crippen LogP contribution in [0, 0.1) is 11.8 Å². The number of nitrogens with zero attached hydrogens (tertiary/aromatic N) is 3. The lowest BCUT2D eigenvalue weighted by Gasteiger charge is -2.42. The van der Waals surface area contributed by atoms with Gasteiger partial charge in [0.1, 0.15) is 6.61 Å². The summed E-state index contributed by atoms with van der Waals surface area (Å²) in [5, 5.41) is 1.30. The van der Waals surface area contributed by atoms with Crippen LogP contribution in [0.25, 0.3) is 10.9 Å². The van der Waals surface area contributed by atoms with Gasteiger partial charge in [-0.1, -0.05) is 32.0 Å². The molecule has 2 aliphatic heterocycles. The van der Waals surface area contributed by atoms with Gasteiger partial charge in [-0.15, -0.1) is 0 Å². The van der Waals surface area contributed by atoms with E-state index in [4.69, 9.17) is 10.5 Å². The molecule has 0 bridgehead atoms. The monoisotopic (exact) mass is 480 g/mol. The average molecular weight is 481 g/mol. The Morgan fingerprint density at radius 2 is 1.66 bits per heavy atom. The van der Waals surface area contributed by atoms with E-state index in [1.807, 2.05) is 0 Å². The van der Waals surface area contributed by atoms with Crippen LogP contribution < -0.4 is 5.73 Å². The summed E-state index contributed by atoms with van der Waals surface area (Å²) in [7, 11) is 0. The molecule has 6 nitrogen and oxygen atoms in total. The summed E-state index contributed by atoms with van der Waals surface area (Å²) in [5.74, 6) is 1.73. The molecule has 1 aliphatic carbocycles. The van der Waals surface area contributed by atoms with Crippen LogP contribution in [0.4, 0.5) is 4.79 Å². The Morgan fingerprint density at radius 1 is 0.971 bits per heavy atom. The molecule has 3 heterocycles. The summed E-state index contributed by atoms with van der Waals surface area (Å²) in [6.45, 7) is 10.6. The zero-order valence-electron chi connectivity index (χ0n) is 21.8. The minimum absolute atomic E-state index is 0.257. The molecule has 0 atom stereocenters. The number of hydrogen-bond donors (Lipinski definition) is 1. The number of ether oxygens (including phenoxy) is 1. The van der Waals surface area contributed by atoms with E-state index in [1.165, 1.54) is 55.0 Å². The zero-order valence-corrected chi connectivity index (χ0v) is 21.8. The van der Waals surface area contributed by atoms with E-state index >= 15 is 0 Å². The predicted molar refractivity (Wildman–Crippen MR) is 141 cm³/mol. The number of rotatable bonds is 7. The quantitative estimate of drug-likeness (QED) is 0.553. The van der Waals surface area contributed by atoms with Crippen LogP contribution in [-0.2, 0) is 17.9 Å². The van der Waals surface area contributed by atoms with E-state index in [9.17, 15) is 4.79 Å². The first-order valence-electron chi connectivity index (χ1n) is 14.0. The molecule has 2 N–H and O–H groups in total. The molecule has 6 heteroatoms. The van der Waals surface area contributed by atoms with E-state index in [0.29, 0.717) is 6.04 Å². The summed E-state index contributed by atoms with van der Waals surface area (Å²) in [6.07, 6.45) is 9.63. The number of carbonyl (C=O) groups excluding carboxylic acids is 1. The minimum atomic E-state index is -0.694. The van der Waals surface area contributed by atoms with Crippen molar-refractivity contribution in [2.45, 2.75) is 90.4 Å². The van der Waals surface area contributed by atoms with Crippen molar-refractivity contribution in [1.29, 1.82) is 0 Å². The Labute approximate surface area is 210 Å². The summed E-state index contributed by atoms with van der Waals surface area (Å²) in [4.78, 5) is 16.9. The second-order valence-corrected chi connectivity index (χ2v) is 11.5. The average Bonchev–Trinajstić information content (AvgIpc) is 3.49. The smallest absolute Gasteiger partial charge is 0.404 e. The molecule has 2 aromatic rings. The van der Waals surface area contributed by atoms with E-state index in [-0.39, 0.29) is 6.61 Å². The molecule has 1 aromatic carbocycles. The van der Waals surface area contributed by atoms with Crippen LogP contribution in [0.15, 0.2) is 24.3 Å². The van der Waals surface area contributed by atoms with Crippen LogP contribution in [0.1, 0.15) is 82.5 Å². The molecular weight excluding hydrogens is 436 g/mol. The molecular formula is C29H44N4O2. The third kappa shape index (κ3) is 5.39. The molecule has 1 aromatic heterocycles. The fourth-order valence-corrected chi connectivity index (χ4v) is 7.08. The molecule has 2 saturated heterocycles. The van der Waals surface area contributed by atoms with Crippen molar-refractivity contribution in [3.8, 4) is 0 Å². The Kier molecular flexibility index (Phi) is 7.68. The van der Waals surface area contributed by atoms with Crippen molar-refractivity contribution < 1.29 is 9.53 Å². The molecule has 35 heavy (non-hydrogen) atoms. The van der Waals surface area contributed by atoms with Crippen molar-refractivity contribution >= 4 is 17.0 Å². The number of hydrogen-bond acceptors (Lipinski definition) is 4. The summed E-state index contributed by atoms with van der Waals surface area (Å²) >= 11 is 0. The maximum atomic E-state index is 11.6. The Hall–Kier alpha value is -2.05. The van der Waals surface area contributed by atoms with Crippen molar-refractivity contribution in [1.82, 2.24) is 14.4 Å². The fourth-order valence-electron chi connectivity index (χ4n) is 7.08. The van der Waals surface area contributed by atoms with Gasteiger partial charge in [0.15, 0.2) is 0 Å². The van der Waals surface area contributed by atoms with Crippen molar-refractivity contribution in [3.05, 3.63) is 35.5 Å². The Bertz CT molecular complexity index is 994. The van der Waals surface area contributed by atoms with Crippen LogP contribution >= 0.6 is 0 Å². The number of nitrogens with two attached hydrogens (primary N) is 1. The molecule has 3 fully saturated rings. The largest absolute Gasteiger partial charge is 0.443 e. The van der Waals surface area contributed by atoms with Gasteiger partial charge < -0.3 is 19.9 Å². The number of para-hydroxylation sites is 1. The molecule has 0 unspecified atom stereocenters. The van der Waals surface area contributed by atoms with Crippen LogP contribution in [0.3, 0.4) is 0 Å². The van der Waals surface area contributed by atoms with Gasteiger partial charge in [0, 0.05) is 42.6 Å². The number of piperidine rings is 1. The number of benzene rings is 1. The van der Waals surface area contributed by atoms with Crippen molar-refractivity contribution in [2.24, 2.45) is 17.6 Å². The standard InChI is InChI=1S/C29H44N4O2/c1-21(2)22-9-11-23(12-10-22)32-17-13-24(14-18-32)33-27-8-4-3-7-25(27)26(19-31-15-5-6-16-31)28(33)20-35-29(30)34/h3-4,7-8,21-24H,5-6,9-20H2,1-2H3,(H2,30,34)/t22-,23+. The Morgan fingerprint density at radius 3 is 2.31 bits per heavy atom. The maximum absolute atomic E-state index is 11.6. The number of likely N-dealkylation sites (tertiary alicyclic amines) is 2. The Balaban J connectivity index is 1.36. The second kappa shape index (κ2) is 10.9. The van der Waals surface area contributed by atoms with E-state index in [1.54, 1.807) is 0 Å². The van der Waals surface area contributed by atoms with Crippen molar-refractivity contribution in [3.63, 3.8) is 0 Å². The molecule has 3 aliphatic rings. The third-order valence-electron chi connectivity index (χ3n) is 9.12. The highest BCUT2D eigenvalue weighted by Gasteiger charge is 2.32. The molecule has 1 amide bonds. The number of primary amides is 1. The molecule has 1 saturated carbocycles. The SMILES string of the molecule is CC(C)[C@H]1CC[C@@H](N2CCC(n3c(COC(N)=O)c(CN4CCCC4)c4ccccc43)CC2)CC1. The number of amides is 1. The fraction of sp³-hybridized carbons (Fsp3) is 0.690. The number of aromatic nitrogens is 1.